The highest BCUT2D eigenvalue weighted by molar-refractivity contribution is 9.07. The van der Waals surface area contributed by atoms with E-state index in [9.17, 15) is 4.79 Å². The predicted molar refractivity (Wildman–Crippen MR) is 59.1 cm³/mol. The van der Waals surface area contributed by atoms with Gasteiger partial charge in [-0.2, -0.15) is 0 Å². The molecule has 0 radical (unpaired) electrons. The number of unbranched alkanes of at least 4 members (excludes halogenated alkanes) is 2. The summed E-state index contributed by atoms with van der Waals surface area (Å²) in [6, 6.07) is 0. The van der Waals surface area contributed by atoms with E-state index in [1.807, 2.05) is 0 Å². The number of nitrogens with zero attached hydrogens (tertiary/aromatic N) is 1. The van der Waals surface area contributed by atoms with Crippen LogP contribution in [0.2, 0.25) is 0 Å². The number of carbonyl (C=O) groups is 1. The number of carbonyl (C=O) groups excluding carboxylic acids is 1. The third kappa shape index (κ3) is 3.58. The monoisotopic (exact) mass is 263 g/mol. The molecule has 1 aliphatic rings. The highest BCUT2D eigenvalue weighted by atomic mass is 79.9. The lowest BCUT2D eigenvalue weighted by molar-refractivity contribution is -0.135. The van der Waals surface area contributed by atoms with Crippen LogP contribution in [0.25, 0.3) is 0 Å². The summed E-state index contributed by atoms with van der Waals surface area (Å²) >= 11 is 3.29. The van der Waals surface area contributed by atoms with Gasteiger partial charge in [0.1, 0.15) is 6.10 Å². The van der Waals surface area contributed by atoms with Crippen molar-refractivity contribution in [2.45, 2.75) is 45.1 Å². The van der Waals surface area contributed by atoms with E-state index in [0.29, 0.717) is 0 Å². The fourth-order valence-electron chi connectivity index (χ4n) is 1.54. The molecule has 1 amide bonds. The van der Waals surface area contributed by atoms with E-state index in [0.717, 1.165) is 32.4 Å². The van der Waals surface area contributed by atoms with Crippen molar-refractivity contribution in [3.63, 3.8) is 0 Å². The minimum atomic E-state index is -0.198. The standard InChI is InChI=1S/C10H18BrNO2/c1-2-3-4-7-12(11)10(13)9-6-5-8-14-9/h9H,2-8H2,1H3/t9-/m1/s1. The molecule has 0 aliphatic carbocycles. The second-order valence-corrected chi connectivity index (χ2v) is 4.49. The SMILES string of the molecule is CCCCCN(Br)C(=O)[C@H]1CCCO1. The summed E-state index contributed by atoms with van der Waals surface area (Å²) in [6.45, 7) is 3.67. The third-order valence-electron chi connectivity index (χ3n) is 2.40. The summed E-state index contributed by atoms with van der Waals surface area (Å²) in [5, 5.41) is 0. The van der Waals surface area contributed by atoms with Gasteiger partial charge < -0.3 is 4.74 Å². The van der Waals surface area contributed by atoms with Crippen molar-refractivity contribution < 1.29 is 9.53 Å². The molecule has 1 atom stereocenters. The van der Waals surface area contributed by atoms with Crippen LogP contribution in [0, 0.1) is 0 Å². The molecule has 1 saturated heterocycles. The van der Waals surface area contributed by atoms with Gasteiger partial charge in [-0.1, -0.05) is 19.8 Å². The Morgan fingerprint density at radius 2 is 2.36 bits per heavy atom. The number of hydrogen-bond donors (Lipinski definition) is 0. The van der Waals surface area contributed by atoms with Gasteiger partial charge in [0.2, 0.25) is 0 Å². The maximum atomic E-state index is 11.7. The molecule has 0 saturated carbocycles. The Labute approximate surface area is 94.1 Å². The lowest BCUT2D eigenvalue weighted by Crippen LogP contribution is -2.32. The van der Waals surface area contributed by atoms with Crippen LogP contribution in [-0.2, 0) is 9.53 Å². The van der Waals surface area contributed by atoms with Gasteiger partial charge in [0.25, 0.3) is 5.91 Å². The number of halogens is 1. The smallest absolute Gasteiger partial charge is 0.261 e. The van der Waals surface area contributed by atoms with Crippen molar-refractivity contribution in [3.05, 3.63) is 0 Å². The number of hydrogen-bond acceptors (Lipinski definition) is 2. The third-order valence-corrected chi connectivity index (χ3v) is 3.11. The van der Waals surface area contributed by atoms with E-state index < -0.39 is 0 Å². The highest BCUT2D eigenvalue weighted by Gasteiger charge is 2.26. The average Bonchev–Trinajstić information content (AvgIpc) is 2.69. The molecule has 1 rings (SSSR count). The second kappa shape index (κ2) is 6.40. The molecule has 0 aromatic carbocycles. The molecule has 82 valence electrons. The molecular weight excluding hydrogens is 246 g/mol. The van der Waals surface area contributed by atoms with Gasteiger partial charge in [-0.25, -0.2) is 0 Å². The van der Waals surface area contributed by atoms with Crippen molar-refractivity contribution >= 4 is 22.1 Å². The molecule has 3 nitrogen and oxygen atoms in total. The van der Waals surface area contributed by atoms with Crippen LogP contribution in [0.3, 0.4) is 0 Å². The number of amides is 1. The van der Waals surface area contributed by atoms with E-state index in [4.69, 9.17) is 4.74 Å². The summed E-state index contributed by atoms with van der Waals surface area (Å²) in [7, 11) is 0. The zero-order chi connectivity index (χ0) is 10.4. The first-order valence-corrected chi connectivity index (χ1v) is 6.05. The quantitative estimate of drug-likeness (QED) is 0.564. The molecule has 0 unspecified atom stereocenters. The van der Waals surface area contributed by atoms with Crippen molar-refractivity contribution in [3.8, 4) is 0 Å². The molecule has 0 N–H and O–H groups in total. The molecule has 0 bridgehead atoms. The highest BCUT2D eigenvalue weighted by Crippen LogP contribution is 2.17. The van der Waals surface area contributed by atoms with Crippen LogP contribution in [0.5, 0.6) is 0 Å². The lowest BCUT2D eigenvalue weighted by atomic mass is 10.2. The van der Waals surface area contributed by atoms with Crippen molar-refractivity contribution in [1.82, 2.24) is 3.93 Å². The minimum Gasteiger partial charge on any atom is -0.368 e. The fourth-order valence-corrected chi connectivity index (χ4v) is 2.02. The Morgan fingerprint density at radius 3 is 2.93 bits per heavy atom. The van der Waals surface area contributed by atoms with Crippen LogP contribution in [0.15, 0.2) is 0 Å². The fraction of sp³-hybridized carbons (Fsp3) is 0.900. The van der Waals surface area contributed by atoms with E-state index >= 15 is 0 Å². The van der Waals surface area contributed by atoms with Gasteiger partial charge in [0.15, 0.2) is 0 Å². The Hall–Kier alpha value is -0.0900. The van der Waals surface area contributed by atoms with Gasteiger partial charge in [-0.05, 0) is 19.3 Å². The van der Waals surface area contributed by atoms with Crippen LogP contribution in [0.1, 0.15) is 39.0 Å². The van der Waals surface area contributed by atoms with Crippen molar-refractivity contribution in [2.24, 2.45) is 0 Å². The zero-order valence-corrected chi connectivity index (χ0v) is 10.3. The van der Waals surface area contributed by atoms with Gasteiger partial charge >= 0.3 is 0 Å². The second-order valence-electron chi connectivity index (χ2n) is 3.63. The summed E-state index contributed by atoms with van der Waals surface area (Å²) < 4.78 is 6.94. The molecule has 0 aromatic heterocycles. The van der Waals surface area contributed by atoms with E-state index in [1.54, 1.807) is 3.93 Å². The van der Waals surface area contributed by atoms with Gasteiger partial charge in [-0.3, -0.25) is 8.72 Å². The van der Waals surface area contributed by atoms with Gasteiger partial charge in [-0.15, -0.1) is 0 Å². The maximum Gasteiger partial charge on any atom is 0.261 e. The first-order chi connectivity index (χ1) is 6.75. The zero-order valence-electron chi connectivity index (χ0n) is 8.67. The summed E-state index contributed by atoms with van der Waals surface area (Å²) in [5.74, 6) is 0.0820. The molecule has 1 aliphatic heterocycles. The molecule has 0 aromatic rings. The van der Waals surface area contributed by atoms with Gasteiger partial charge in [0, 0.05) is 13.2 Å². The Morgan fingerprint density at radius 1 is 1.57 bits per heavy atom. The van der Waals surface area contributed by atoms with Crippen LogP contribution >= 0.6 is 16.1 Å². The van der Waals surface area contributed by atoms with Gasteiger partial charge in [0.05, 0.1) is 16.1 Å². The molecule has 1 heterocycles. The van der Waals surface area contributed by atoms with E-state index in [1.165, 1.54) is 12.8 Å². The molecule has 0 spiro atoms. The molecule has 1 fully saturated rings. The first kappa shape index (κ1) is 12.0. The number of ether oxygens (including phenoxy) is 1. The Bertz CT molecular complexity index is 181. The lowest BCUT2D eigenvalue weighted by Gasteiger charge is -2.17. The summed E-state index contributed by atoms with van der Waals surface area (Å²) in [6.07, 6.45) is 5.08. The van der Waals surface area contributed by atoms with Crippen molar-refractivity contribution in [2.75, 3.05) is 13.2 Å². The van der Waals surface area contributed by atoms with Crippen LogP contribution in [0.4, 0.5) is 0 Å². The van der Waals surface area contributed by atoms with Crippen LogP contribution < -0.4 is 0 Å². The molecular formula is C10H18BrNO2. The molecule has 14 heavy (non-hydrogen) atoms. The Kier molecular flexibility index (Phi) is 5.48. The molecule has 4 heteroatoms. The topological polar surface area (TPSA) is 29.5 Å². The van der Waals surface area contributed by atoms with Crippen LogP contribution in [-0.4, -0.2) is 29.1 Å². The van der Waals surface area contributed by atoms with Crippen molar-refractivity contribution in [1.29, 1.82) is 0 Å². The number of rotatable bonds is 5. The summed E-state index contributed by atoms with van der Waals surface area (Å²) in [4.78, 5) is 11.7. The maximum absolute atomic E-state index is 11.7. The summed E-state index contributed by atoms with van der Waals surface area (Å²) in [5.41, 5.74) is 0. The van der Waals surface area contributed by atoms with E-state index in [2.05, 4.69) is 23.1 Å². The average molecular weight is 264 g/mol. The van der Waals surface area contributed by atoms with E-state index in [-0.39, 0.29) is 12.0 Å². The predicted octanol–water partition coefficient (Wildman–Crippen LogP) is 2.49. The first-order valence-electron chi connectivity index (χ1n) is 5.34. The minimum absolute atomic E-state index is 0.0820. The largest absolute Gasteiger partial charge is 0.368 e. The Balaban J connectivity index is 2.21. The normalized spacial score (nSPS) is 21.1.